The minimum Gasteiger partial charge on any atom is -0.469 e. The second-order valence-electron chi connectivity index (χ2n) is 4.27. The number of nitro benzene ring substituents is 1. The van der Waals surface area contributed by atoms with Crippen molar-refractivity contribution < 1.29 is 19.2 Å². The normalized spacial score (nSPS) is 10.4. The van der Waals surface area contributed by atoms with Gasteiger partial charge in [-0.25, -0.2) is 0 Å². The van der Waals surface area contributed by atoms with Gasteiger partial charge in [0.2, 0.25) is 5.91 Å². The van der Waals surface area contributed by atoms with Gasteiger partial charge in [-0.05, 0) is 11.6 Å². The molecule has 0 saturated carbocycles. The molecule has 7 nitrogen and oxygen atoms in total. The van der Waals surface area contributed by atoms with Crippen LogP contribution in [0.2, 0.25) is 0 Å². The summed E-state index contributed by atoms with van der Waals surface area (Å²) in [6.45, 7) is 0.241. The van der Waals surface area contributed by atoms with Gasteiger partial charge in [0.15, 0.2) is 0 Å². The number of hydrogen-bond acceptors (Lipinski definition) is 5. The zero-order valence-corrected chi connectivity index (χ0v) is 11.8. The molecule has 7 heteroatoms. The summed E-state index contributed by atoms with van der Waals surface area (Å²) in [5.74, 6) is -0.692. The highest BCUT2D eigenvalue weighted by Gasteiger charge is 2.08. The zero-order chi connectivity index (χ0) is 15.8. The fourth-order valence-electron chi connectivity index (χ4n) is 1.51. The molecule has 0 saturated heterocycles. The van der Waals surface area contributed by atoms with Crippen molar-refractivity contribution in [2.75, 3.05) is 20.7 Å². The summed E-state index contributed by atoms with van der Waals surface area (Å²) >= 11 is 0. The van der Waals surface area contributed by atoms with Crippen LogP contribution in [0.5, 0.6) is 0 Å². The number of rotatable bonds is 6. The first kappa shape index (κ1) is 16.4. The lowest BCUT2D eigenvalue weighted by atomic mass is 10.2. The molecular formula is C14H16N2O5. The topological polar surface area (TPSA) is 89.8 Å². The molecule has 0 unspecified atom stereocenters. The predicted octanol–water partition coefficient (Wildman–Crippen LogP) is 1.63. The monoisotopic (exact) mass is 292 g/mol. The molecule has 21 heavy (non-hydrogen) atoms. The maximum Gasteiger partial charge on any atom is 0.307 e. The molecule has 1 amide bonds. The molecule has 0 heterocycles. The van der Waals surface area contributed by atoms with Crippen molar-refractivity contribution in [3.63, 3.8) is 0 Å². The number of methoxy groups -OCH3 is 1. The van der Waals surface area contributed by atoms with Gasteiger partial charge in [-0.2, -0.15) is 0 Å². The second-order valence-corrected chi connectivity index (χ2v) is 4.27. The van der Waals surface area contributed by atoms with Crippen LogP contribution in [0.15, 0.2) is 30.3 Å². The second kappa shape index (κ2) is 7.78. The lowest BCUT2D eigenvalue weighted by Crippen LogP contribution is -2.27. The van der Waals surface area contributed by atoms with Gasteiger partial charge in [0.25, 0.3) is 5.69 Å². The Morgan fingerprint density at radius 3 is 2.76 bits per heavy atom. The van der Waals surface area contributed by atoms with Crippen molar-refractivity contribution >= 4 is 23.6 Å². The van der Waals surface area contributed by atoms with Crippen LogP contribution in [0.1, 0.15) is 12.0 Å². The average molecular weight is 292 g/mol. The van der Waals surface area contributed by atoms with Crippen LogP contribution in [0.4, 0.5) is 5.69 Å². The Morgan fingerprint density at radius 2 is 2.14 bits per heavy atom. The smallest absolute Gasteiger partial charge is 0.307 e. The summed E-state index contributed by atoms with van der Waals surface area (Å²) < 4.78 is 4.49. The third kappa shape index (κ3) is 5.43. The first-order valence-electron chi connectivity index (χ1n) is 6.18. The van der Waals surface area contributed by atoms with Crippen LogP contribution in [0.3, 0.4) is 0 Å². The van der Waals surface area contributed by atoms with Crippen LogP contribution in [0, 0.1) is 10.1 Å². The summed E-state index contributed by atoms with van der Waals surface area (Å²) in [5.41, 5.74) is 0.516. The van der Waals surface area contributed by atoms with Gasteiger partial charge in [0.1, 0.15) is 0 Å². The summed E-state index contributed by atoms with van der Waals surface area (Å²) in [6.07, 6.45) is 2.91. The zero-order valence-electron chi connectivity index (χ0n) is 11.8. The minimum atomic E-state index is -0.498. The summed E-state index contributed by atoms with van der Waals surface area (Å²) in [7, 11) is 2.84. The number of non-ortho nitro benzene ring substituents is 1. The van der Waals surface area contributed by atoms with Gasteiger partial charge in [0.05, 0.1) is 18.5 Å². The third-order valence-corrected chi connectivity index (χ3v) is 2.75. The Kier molecular flexibility index (Phi) is 6.06. The van der Waals surface area contributed by atoms with Gasteiger partial charge >= 0.3 is 5.97 Å². The first-order chi connectivity index (χ1) is 9.93. The molecule has 0 atom stereocenters. The molecule has 0 aliphatic heterocycles. The van der Waals surface area contributed by atoms with E-state index in [-0.39, 0.29) is 24.6 Å². The Hall–Kier alpha value is -2.70. The molecule has 0 radical (unpaired) electrons. The lowest BCUT2D eigenvalue weighted by molar-refractivity contribution is -0.384. The molecule has 0 aromatic heterocycles. The van der Waals surface area contributed by atoms with E-state index >= 15 is 0 Å². The Balaban J connectivity index is 2.63. The Bertz CT molecular complexity index is 568. The molecule has 1 aromatic carbocycles. The molecule has 0 spiro atoms. The van der Waals surface area contributed by atoms with Crippen molar-refractivity contribution in [1.82, 2.24) is 4.90 Å². The third-order valence-electron chi connectivity index (χ3n) is 2.75. The summed E-state index contributed by atoms with van der Waals surface area (Å²) in [6, 6.07) is 5.95. The van der Waals surface area contributed by atoms with Crippen LogP contribution < -0.4 is 0 Å². The number of carbonyl (C=O) groups excluding carboxylic acids is 2. The number of nitrogens with zero attached hydrogens (tertiary/aromatic N) is 2. The highest BCUT2D eigenvalue weighted by atomic mass is 16.6. The maximum absolute atomic E-state index is 11.8. The van der Waals surface area contributed by atoms with Crippen LogP contribution in [0.25, 0.3) is 6.08 Å². The highest BCUT2D eigenvalue weighted by molar-refractivity contribution is 5.91. The quantitative estimate of drug-likeness (QED) is 0.344. The highest BCUT2D eigenvalue weighted by Crippen LogP contribution is 2.14. The van der Waals surface area contributed by atoms with E-state index in [4.69, 9.17) is 0 Å². The number of hydrogen-bond donors (Lipinski definition) is 0. The summed E-state index contributed by atoms with van der Waals surface area (Å²) in [4.78, 5) is 34.3. The van der Waals surface area contributed by atoms with E-state index in [0.717, 1.165) is 0 Å². The molecule has 0 fully saturated rings. The summed E-state index contributed by atoms with van der Waals surface area (Å²) in [5, 5.41) is 10.6. The Morgan fingerprint density at radius 1 is 1.43 bits per heavy atom. The number of esters is 1. The van der Waals surface area contributed by atoms with E-state index in [1.165, 1.54) is 36.3 Å². The van der Waals surface area contributed by atoms with E-state index in [2.05, 4.69) is 4.74 Å². The number of benzene rings is 1. The van der Waals surface area contributed by atoms with Crippen molar-refractivity contribution in [1.29, 1.82) is 0 Å². The molecule has 1 aromatic rings. The standard InChI is InChI=1S/C14H16N2O5/c1-15(9-8-14(18)21-2)13(17)7-6-11-4-3-5-12(10-11)16(19)20/h3-7,10H,8-9H2,1-2H3. The fraction of sp³-hybridized carbons (Fsp3) is 0.286. The lowest BCUT2D eigenvalue weighted by Gasteiger charge is -2.13. The van der Waals surface area contributed by atoms with Gasteiger partial charge in [-0.15, -0.1) is 0 Å². The molecule has 0 aliphatic rings. The molecule has 1 rings (SSSR count). The van der Waals surface area contributed by atoms with Crippen molar-refractivity contribution in [2.45, 2.75) is 6.42 Å². The first-order valence-corrected chi connectivity index (χ1v) is 6.18. The molecule has 112 valence electrons. The average Bonchev–Trinajstić information content (AvgIpc) is 2.49. The van der Waals surface area contributed by atoms with Gasteiger partial charge in [-0.1, -0.05) is 12.1 Å². The molecule has 0 N–H and O–H groups in total. The van der Waals surface area contributed by atoms with Crippen LogP contribution >= 0.6 is 0 Å². The maximum atomic E-state index is 11.8. The number of carbonyl (C=O) groups is 2. The number of amides is 1. The van der Waals surface area contributed by atoms with E-state index < -0.39 is 10.9 Å². The van der Waals surface area contributed by atoms with E-state index in [0.29, 0.717) is 5.56 Å². The molecular weight excluding hydrogens is 276 g/mol. The molecule has 0 aliphatic carbocycles. The van der Waals surface area contributed by atoms with E-state index in [1.807, 2.05) is 0 Å². The van der Waals surface area contributed by atoms with Crippen molar-refractivity contribution in [3.8, 4) is 0 Å². The van der Waals surface area contributed by atoms with Crippen LogP contribution in [-0.2, 0) is 14.3 Å². The fourth-order valence-corrected chi connectivity index (χ4v) is 1.51. The number of nitro groups is 1. The SMILES string of the molecule is COC(=O)CCN(C)C(=O)C=Cc1cccc([N+](=O)[O-])c1. The van der Waals surface area contributed by atoms with E-state index in [9.17, 15) is 19.7 Å². The van der Waals surface area contributed by atoms with E-state index in [1.54, 1.807) is 19.2 Å². The minimum absolute atomic E-state index is 0.0383. The van der Waals surface area contributed by atoms with Gasteiger partial charge in [-0.3, -0.25) is 19.7 Å². The van der Waals surface area contributed by atoms with Gasteiger partial charge < -0.3 is 9.64 Å². The Labute approximate surface area is 122 Å². The number of likely N-dealkylation sites (N-methyl/N-ethyl adjacent to an activating group) is 1. The van der Waals surface area contributed by atoms with Gasteiger partial charge in [0, 0.05) is 31.8 Å². The number of ether oxygens (including phenoxy) is 1. The van der Waals surface area contributed by atoms with Crippen molar-refractivity contribution in [2.24, 2.45) is 0 Å². The predicted molar refractivity (Wildman–Crippen MR) is 76.4 cm³/mol. The largest absolute Gasteiger partial charge is 0.469 e. The van der Waals surface area contributed by atoms with Crippen LogP contribution in [-0.4, -0.2) is 42.4 Å². The van der Waals surface area contributed by atoms with Crippen molar-refractivity contribution in [3.05, 3.63) is 46.0 Å². The molecule has 0 bridgehead atoms.